The zero-order chi connectivity index (χ0) is 13.7. The van der Waals surface area contributed by atoms with Gasteiger partial charge in [-0.15, -0.1) is 0 Å². The standard InChI is InChI=1S/C15H23N3O/c1-12(2)16-15(19)17-13-7-6-8-14(11-13)18-9-4-3-5-10-18/h6-8,11-12H,3-5,9-10H2,1-2H3,(H2,16,17,19). The van der Waals surface area contributed by atoms with E-state index in [-0.39, 0.29) is 12.1 Å². The van der Waals surface area contributed by atoms with Crippen LogP contribution in [-0.2, 0) is 0 Å². The second kappa shape index (κ2) is 6.45. The van der Waals surface area contributed by atoms with Crippen molar-refractivity contribution in [1.82, 2.24) is 5.32 Å². The Kier molecular flexibility index (Phi) is 4.66. The van der Waals surface area contributed by atoms with Crippen molar-refractivity contribution in [3.05, 3.63) is 24.3 Å². The lowest BCUT2D eigenvalue weighted by atomic mass is 10.1. The number of benzene rings is 1. The molecular formula is C15H23N3O. The molecule has 0 aliphatic carbocycles. The minimum absolute atomic E-state index is 0.144. The first-order valence-electron chi connectivity index (χ1n) is 7.07. The normalized spacial score (nSPS) is 15.4. The van der Waals surface area contributed by atoms with E-state index in [1.807, 2.05) is 32.0 Å². The maximum atomic E-state index is 11.7. The lowest BCUT2D eigenvalue weighted by Gasteiger charge is -2.29. The summed E-state index contributed by atoms with van der Waals surface area (Å²) < 4.78 is 0. The van der Waals surface area contributed by atoms with E-state index < -0.39 is 0 Å². The predicted molar refractivity (Wildman–Crippen MR) is 79.8 cm³/mol. The molecule has 104 valence electrons. The van der Waals surface area contributed by atoms with Crippen LogP contribution in [0, 0.1) is 0 Å². The molecule has 0 aromatic heterocycles. The average molecular weight is 261 g/mol. The highest BCUT2D eigenvalue weighted by Crippen LogP contribution is 2.22. The van der Waals surface area contributed by atoms with Crippen LogP contribution in [0.4, 0.5) is 16.2 Å². The molecule has 0 radical (unpaired) electrons. The predicted octanol–water partition coefficient (Wildman–Crippen LogP) is 3.21. The Bertz CT molecular complexity index is 425. The van der Waals surface area contributed by atoms with Crippen LogP contribution in [0.15, 0.2) is 24.3 Å². The lowest BCUT2D eigenvalue weighted by molar-refractivity contribution is 0.250. The molecule has 4 heteroatoms. The minimum atomic E-state index is -0.147. The maximum absolute atomic E-state index is 11.7. The summed E-state index contributed by atoms with van der Waals surface area (Å²) in [7, 11) is 0. The van der Waals surface area contributed by atoms with Crippen LogP contribution >= 0.6 is 0 Å². The first-order valence-corrected chi connectivity index (χ1v) is 7.07. The van der Waals surface area contributed by atoms with Gasteiger partial charge in [0.2, 0.25) is 0 Å². The highest BCUT2D eigenvalue weighted by Gasteiger charge is 2.11. The van der Waals surface area contributed by atoms with Crippen molar-refractivity contribution in [1.29, 1.82) is 0 Å². The number of nitrogens with one attached hydrogen (secondary N) is 2. The van der Waals surface area contributed by atoms with E-state index in [4.69, 9.17) is 0 Å². The maximum Gasteiger partial charge on any atom is 0.319 e. The molecule has 1 heterocycles. The van der Waals surface area contributed by atoms with Crippen molar-refractivity contribution >= 4 is 17.4 Å². The van der Waals surface area contributed by atoms with Crippen LogP contribution in [-0.4, -0.2) is 25.2 Å². The highest BCUT2D eigenvalue weighted by molar-refractivity contribution is 5.90. The van der Waals surface area contributed by atoms with Gasteiger partial charge in [-0.3, -0.25) is 0 Å². The molecule has 0 spiro atoms. The lowest BCUT2D eigenvalue weighted by Crippen LogP contribution is -2.34. The van der Waals surface area contributed by atoms with Gasteiger partial charge in [0.05, 0.1) is 0 Å². The zero-order valence-electron chi connectivity index (χ0n) is 11.8. The monoisotopic (exact) mass is 261 g/mol. The van der Waals surface area contributed by atoms with E-state index in [1.54, 1.807) is 0 Å². The second-order valence-electron chi connectivity index (χ2n) is 5.35. The topological polar surface area (TPSA) is 44.4 Å². The summed E-state index contributed by atoms with van der Waals surface area (Å²) in [6.07, 6.45) is 3.84. The summed E-state index contributed by atoms with van der Waals surface area (Å²) in [5, 5.41) is 5.70. The van der Waals surface area contributed by atoms with Gasteiger partial charge in [-0.25, -0.2) is 4.79 Å². The number of amides is 2. The Morgan fingerprint density at radius 1 is 1.21 bits per heavy atom. The number of hydrogen-bond donors (Lipinski definition) is 2. The number of rotatable bonds is 3. The summed E-state index contributed by atoms with van der Waals surface area (Å²) in [4.78, 5) is 14.1. The fourth-order valence-corrected chi connectivity index (χ4v) is 2.36. The van der Waals surface area contributed by atoms with E-state index in [0.29, 0.717) is 0 Å². The van der Waals surface area contributed by atoms with Crippen molar-refractivity contribution in [3.8, 4) is 0 Å². The van der Waals surface area contributed by atoms with E-state index in [9.17, 15) is 4.79 Å². The molecule has 1 aromatic carbocycles. The molecule has 1 fully saturated rings. The summed E-state index contributed by atoms with van der Waals surface area (Å²) in [5.41, 5.74) is 2.04. The highest BCUT2D eigenvalue weighted by atomic mass is 16.2. The first kappa shape index (κ1) is 13.7. The Balaban J connectivity index is 2.00. The van der Waals surface area contributed by atoms with Crippen LogP contribution < -0.4 is 15.5 Å². The number of hydrogen-bond acceptors (Lipinski definition) is 2. The number of nitrogens with zero attached hydrogens (tertiary/aromatic N) is 1. The molecule has 2 N–H and O–H groups in total. The van der Waals surface area contributed by atoms with Gasteiger partial charge in [-0.05, 0) is 51.3 Å². The van der Waals surface area contributed by atoms with Crippen molar-refractivity contribution in [2.24, 2.45) is 0 Å². The minimum Gasteiger partial charge on any atom is -0.371 e. The van der Waals surface area contributed by atoms with Gasteiger partial charge in [-0.2, -0.15) is 0 Å². The Hall–Kier alpha value is -1.71. The van der Waals surface area contributed by atoms with Gasteiger partial charge in [-0.1, -0.05) is 6.07 Å². The van der Waals surface area contributed by atoms with Crippen LogP contribution in [0.25, 0.3) is 0 Å². The smallest absolute Gasteiger partial charge is 0.319 e. The number of carbonyl (C=O) groups is 1. The molecule has 19 heavy (non-hydrogen) atoms. The van der Waals surface area contributed by atoms with Crippen LogP contribution in [0.1, 0.15) is 33.1 Å². The number of carbonyl (C=O) groups excluding carboxylic acids is 1. The van der Waals surface area contributed by atoms with E-state index in [1.165, 1.54) is 24.9 Å². The molecule has 0 bridgehead atoms. The van der Waals surface area contributed by atoms with Crippen molar-refractivity contribution in [2.45, 2.75) is 39.2 Å². The molecule has 0 atom stereocenters. The van der Waals surface area contributed by atoms with Crippen molar-refractivity contribution < 1.29 is 4.79 Å². The average Bonchev–Trinajstić information content (AvgIpc) is 2.39. The van der Waals surface area contributed by atoms with Crippen molar-refractivity contribution in [2.75, 3.05) is 23.3 Å². The van der Waals surface area contributed by atoms with Crippen molar-refractivity contribution in [3.63, 3.8) is 0 Å². The fourth-order valence-electron chi connectivity index (χ4n) is 2.36. The number of piperidine rings is 1. The molecule has 1 aliphatic rings. The third kappa shape index (κ3) is 4.16. The third-order valence-electron chi connectivity index (χ3n) is 3.25. The molecule has 1 aliphatic heterocycles. The fraction of sp³-hybridized carbons (Fsp3) is 0.533. The van der Waals surface area contributed by atoms with Gasteiger partial charge in [0.25, 0.3) is 0 Å². The summed E-state index contributed by atoms with van der Waals surface area (Å²) in [5.74, 6) is 0. The Labute approximate surface area is 115 Å². The molecular weight excluding hydrogens is 238 g/mol. The van der Waals surface area contributed by atoms with Gasteiger partial charge in [0, 0.05) is 30.5 Å². The molecule has 2 rings (SSSR count). The first-order chi connectivity index (χ1) is 9.15. The van der Waals surface area contributed by atoms with Crippen LogP contribution in [0.2, 0.25) is 0 Å². The van der Waals surface area contributed by atoms with Gasteiger partial charge < -0.3 is 15.5 Å². The quantitative estimate of drug-likeness (QED) is 0.877. The molecule has 1 aromatic rings. The van der Waals surface area contributed by atoms with Gasteiger partial charge >= 0.3 is 6.03 Å². The summed E-state index contributed by atoms with van der Waals surface area (Å²) in [6.45, 7) is 6.12. The van der Waals surface area contributed by atoms with Crippen LogP contribution in [0.3, 0.4) is 0 Å². The molecule has 1 saturated heterocycles. The SMILES string of the molecule is CC(C)NC(=O)Nc1cccc(N2CCCCC2)c1. The van der Waals surface area contributed by atoms with E-state index in [2.05, 4.69) is 21.6 Å². The third-order valence-corrected chi connectivity index (χ3v) is 3.25. The Morgan fingerprint density at radius 3 is 2.63 bits per heavy atom. The number of urea groups is 1. The van der Waals surface area contributed by atoms with E-state index in [0.717, 1.165) is 18.8 Å². The second-order valence-corrected chi connectivity index (χ2v) is 5.35. The molecule has 0 unspecified atom stereocenters. The molecule has 2 amide bonds. The van der Waals surface area contributed by atoms with E-state index >= 15 is 0 Å². The van der Waals surface area contributed by atoms with Crippen LogP contribution in [0.5, 0.6) is 0 Å². The van der Waals surface area contributed by atoms with Gasteiger partial charge in [0.1, 0.15) is 0 Å². The molecule has 4 nitrogen and oxygen atoms in total. The summed E-state index contributed by atoms with van der Waals surface area (Å²) in [6, 6.07) is 8.07. The number of anilines is 2. The summed E-state index contributed by atoms with van der Waals surface area (Å²) >= 11 is 0. The largest absolute Gasteiger partial charge is 0.371 e. The molecule has 0 saturated carbocycles. The Morgan fingerprint density at radius 2 is 1.95 bits per heavy atom. The zero-order valence-corrected chi connectivity index (χ0v) is 11.8. The van der Waals surface area contributed by atoms with Gasteiger partial charge in [0.15, 0.2) is 0 Å².